The topological polar surface area (TPSA) is 187 Å². The second kappa shape index (κ2) is 23.1. The van der Waals surface area contributed by atoms with Crippen molar-refractivity contribution >= 4 is 63.7 Å². The first-order chi connectivity index (χ1) is 33.5. The number of nitriles is 1. The predicted molar refractivity (Wildman–Crippen MR) is 267 cm³/mol. The Hall–Kier alpha value is -5.98. The number of unbranched alkanes of at least 4 members (excludes halogenated alkanes) is 1. The SMILES string of the molecule is Cc1ncsc1-c1ccc([C@H](C)NC(=O)[C@@H]2C[C@@H](O)CN2C(=O)C(NC(=O)COCCCOCCCCOc2ccc(N3C(=S)N(c4ccc(C#N)c(C(F)(F)F)c4)C(=O)C3(C)C)cc2)C(C)(C)C)cc1. The number of nitrogens with zero attached hydrogens (tertiary/aromatic N) is 5. The lowest BCUT2D eigenvalue weighted by Gasteiger charge is -2.35. The van der Waals surface area contributed by atoms with Crippen molar-refractivity contribution in [2.24, 2.45) is 5.41 Å². The zero-order valence-electron chi connectivity index (χ0n) is 40.8. The Balaban J connectivity index is 0.875. The molecule has 2 saturated heterocycles. The molecular weight excluding hydrogens is 960 g/mol. The van der Waals surface area contributed by atoms with Gasteiger partial charge in [-0.25, -0.2) is 4.98 Å². The molecule has 0 spiro atoms. The molecule has 0 saturated carbocycles. The molecule has 4 atom stereocenters. The highest BCUT2D eigenvalue weighted by molar-refractivity contribution is 7.81. The second-order valence-corrected chi connectivity index (χ2v) is 20.3. The minimum absolute atomic E-state index is 0.00705. The van der Waals surface area contributed by atoms with Crippen molar-refractivity contribution in [3.63, 3.8) is 0 Å². The number of hydrogen-bond acceptors (Lipinski definition) is 12. The summed E-state index contributed by atoms with van der Waals surface area (Å²) in [5.74, 6) is -1.30. The summed E-state index contributed by atoms with van der Waals surface area (Å²) < 4.78 is 58.3. The molecule has 2 aliphatic rings. The Kier molecular flexibility index (Phi) is 17.6. The summed E-state index contributed by atoms with van der Waals surface area (Å²) in [5.41, 5.74) is 1.45. The number of amides is 4. The summed E-state index contributed by atoms with van der Waals surface area (Å²) in [5, 5.41) is 25.6. The van der Waals surface area contributed by atoms with Crippen molar-refractivity contribution in [1.82, 2.24) is 20.5 Å². The number of thiazole rings is 1. The molecule has 15 nitrogen and oxygen atoms in total. The fourth-order valence-corrected chi connectivity index (χ4v) is 9.73. The number of aromatic nitrogens is 1. The van der Waals surface area contributed by atoms with Crippen molar-refractivity contribution < 1.29 is 51.7 Å². The minimum atomic E-state index is -4.80. The third-order valence-corrected chi connectivity index (χ3v) is 13.6. The van der Waals surface area contributed by atoms with Crippen molar-refractivity contribution in [2.45, 2.75) is 110 Å². The molecule has 2 aliphatic heterocycles. The van der Waals surface area contributed by atoms with Crippen LogP contribution in [0.1, 0.15) is 95.7 Å². The van der Waals surface area contributed by atoms with Crippen molar-refractivity contribution in [3.8, 4) is 22.3 Å². The van der Waals surface area contributed by atoms with E-state index in [0.717, 1.165) is 38.7 Å². The van der Waals surface area contributed by atoms with Crippen LogP contribution < -0.4 is 25.2 Å². The number of ether oxygens (including phenoxy) is 3. The molecule has 3 heterocycles. The van der Waals surface area contributed by atoms with Crippen LogP contribution in [-0.2, 0) is 34.8 Å². The van der Waals surface area contributed by atoms with Crippen LogP contribution in [0.5, 0.6) is 5.75 Å². The molecule has 0 aliphatic carbocycles. The number of carbonyl (C=O) groups excluding carboxylic acids is 4. The molecule has 3 aromatic carbocycles. The van der Waals surface area contributed by atoms with Crippen molar-refractivity contribution in [3.05, 3.63) is 94.6 Å². The fourth-order valence-electron chi connectivity index (χ4n) is 8.40. The van der Waals surface area contributed by atoms with Gasteiger partial charge in [0.1, 0.15) is 30.0 Å². The van der Waals surface area contributed by atoms with Crippen LogP contribution in [0, 0.1) is 23.7 Å². The molecular formula is C51H60F3N7O8S2. The molecule has 2 fully saturated rings. The van der Waals surface area contributed by atoms with Gasteiger partial charge in [0, 0.05) is 38.5 Å². The first-order valence-electron chi connectivity index (χ1n) is 23.3. The van der Waals surface area contributed by atoms with Crippen LogP contribution >= 0.6 is 23.6 Å². The van der Waals surface area contributed by atoms with Gasteiger partial charge in [-0.3, -0.25) is 24.1 Å². The predicted octanol–water partition coefficient (Wildman–Crippen LogP) is 7.88. The van der Waals surface area contributed by atoms with Crippen LogP contribution in [0.2, 0.25) is 0 Å². The molecule has 1 unspecified atom stereocenters. The summed E-state index contributed by atoms with van der Waals surface area (Å²) in [6, 6.07) is 17.0. The van der Waals surface area contributed by atoms with E-state index >= 15 is 0 Å². The Morgan fingerprint density at radius 1 is 0.958 bits per heavy atom. The summed E-state index contributed by atoms with van der Waals surface area (Å²) >= 11 is 7.18. The van der Waals surface area contributed by atoms with E-state index in [0.29, 0.717) is 50.5 Å². The molecule has 0 bridgehead atoms. The number of rotatable bonds is 20. The number of β-amino-alcohol motifs (C(OH)–C–C–N with tert-alkyl or cyclic N) is 1. The summed E-state index contributed by atoms with van der Waals surface area (Å²) in [6.07, 6.45) is -3.71. The van der Waals surface area contributed by atoms with Gasteiger partial charge in [-0.15, -0.1) is 11.3 Å². The highest BCUT2D eigenvalue weighted by atomic mass is 32.1. The van der Waals surface area contributed by atoms with E-state index in [9.17, 15) is 42.7 Å². The molecule has 6 rings (SSSR count). The minimum Gasteiger partial charge on any atom is -0.494 e. The summed E-state index contributed by atoms with van der Waals surface area (Å²) in [6.45, 7) is 13.7. The largest absolute Gasteiger partial charge is 0.494 e. The van der Waals surface area contributed by atoms with E-state index in [2.05, 4.69) is 15.6 Å². The van der Waals surface area contributed by atoms with Crippen LogP contribution in [0.25, 0.3) is 10.4 Å². The lowest BCUT2D eigenvalue weighted by atomic mass is 9.85. The van der Waals surface area contributed by atoms with Crippen molar-refractivity contribution in [1.29, 1.82) is 5.26 Å². The van der Waals surface area contributed by atoms with Crippen molar-refractivity contribution in [2.75, 3.05) is 49.4 Å². The van der Waals surface area contributed by atoms with Crippen LogP contribution in [-0.4, -0.2) is 107 Å². The Morgan fingerprint density at radius 2 is 1.61 bits per heavy atom. The van der Waals surface area contributed by atoms with E-state index in [1.54, 1.807) is 65.9 Å². The average Bonchev–Trinajstić information content (AvgIpc) is 3.98. The number of anilines is 2. The Labute approximate surface area is 421 Å². The number of hydrogen-bond donors (Lipinski definition) is 3. The maximum absolute atomic E-state index is 14.0. The summed E-state index contributed by atoms with van der Waals surface area (Å²) in [4.78, 5) is 63.6. The Morgan fingerprint density at radius 3 is 2.24 bits per heavy atom. The molecule has 0 radical (unpaired) electrons. The quantitative estimate of drug-likeness (QED) is 0.0576. The molecule has 71 heavy (non-hydrogen) atoms. The molecule has 380 valence electrons. The number of carbonyl (C=O) groups is 4. The Bertz CT molecular complexity index is 2600. The number of nitrogens with one attached hydrogen (secondary N) is 2. The number of halogens is 3. The van der Waals surface area contributed by atoms with E-state index in [1.165, 1.54) is 11.0 Å². The molecule has 3 N–H and O–H groups in total. The van der Waals surface area contributed by atoms with Crippen LogP contribution in [0.15, 0.2) is 72.2 Å². The number of alkyl halides is 3. The average molecular weight is 1020 g/mol. The van der Waals surface area contributed by atoms with Gasteiger partial charge in [-0.2, -0.15) is 18.4 Å². The van der Waals surface area contributed by atoms with Crippen LogP contribution in [0.3, 0.4) is 0 Å². The standard InChI is InChI=1S/C51H60F3N7O8S2/c1-31(33-11-13-34(14-12-33)43-32(2)56-30-71-43)57-45(64)41-26-38(62)28-59(41)46(65)44(49(3,4)5)58-42(63)29-68-23-10-22-67-21-8-9-24-69-39-19-17-36(18-20-39)61-48(70)60(47(66)50(61,6)7)37-16-15-35(27-55)40(25-37)51(52,53)54/h11-20,25,30-31,38,41,44,62H,8-10,21-24,26,28-29H2,1-7H3,(H,57,64)(H,58,63)/t31-,38+,41-,44?/m0/s1. The van der Waals surface area contributed by atoms with E-state index in [1.807, 2.05) is 58.9 Å². The third kappa shape index (κ3) is 13.1. The van der Waals surface area contributed by atoms with Gasteiger partial charge in [0.15, 0.2) is 5.11 Å². The lowest BCUT2D eigenvalue weighted by molar-refractivity contribution is -0.144. The van der Waals surface area contributed by atoms with Crippen LogP contribution in [0.4, 0.5) is 24.5 Å². The van der Waals surface area contributed by atoms with E-state index < -0.39 is 70.1 Å². The van der Waals surface area contributed by atoms with E-state index in [-0.39, 0.29) is 43.0 Å². The zero-order valence-corrected chi connectivity index (χ0v) is 42.4. The number of benzene rings is 3. The van der Waals surface area contributed by atoms with Gasteiger partial charge in [-0.1, -0.05) is 45.0 Å². The maximum Gasteiger partial charge on any atom is 0.417 e. The number of aliphatic hydroxyl groups is 1. The molecule has 4 aromatic rings. The lowest BCUT2D eigenvalue weighted by Crippen LogP contribution is -2.58. The highest BCUT2D eigenvalue weighted by Crippen LogP contribution is 2.40. The second-order valence-electron chi connectivity index (χ2n) is 19.1. The summed E-state index contributed by atoms with van der Waals surface area (Å²) in [7, 11) is 0. The number of aryl methyl sites for hydroxylation is 1. The first kappa shape index (κ1) is 54.4. The first-order valence-corrected chi connectivity index (χ1v) is 24.6. The smallest absolute Gasteiger partial charge is 0.417 e. The monoisotopic (exact) mass is 1020 g/mol. The number of thiocarbonyl (C=S) groups is 1. The molecule has 1 aromatic heterocycles. The van der Waals surface area contributed by atoms with Gasteiger partial charge in [0.2, 0.25) is 17.7 Å². The van der Waals surface area contributed by atoms with Gasteiger partial charge in [0.05, 0.1) is 57.7 Å². The zero-order chi connectivity index (χ0) is 51.8. The molecule has 20 heteroatoms. The van der Waals surface area contributed by atoms with Gasteiger partial charge < -0.3 is 39.8 Å². The fraction of sp³-hybridized carbons (Fsp3) is 0.471. The number of aliphatic hydroxyl groups excluding tert-OH is 1. The van der Waals surface area contributed by atoms with Gasteiger partial charge >= 0.3 is 6.18 Å². The van der Waals surface area contributed by atoms with E-state index in [4.69, 9.17) is 26.4 Å². The number of likely N-dealkylation sites (tertiary alicyclic amines) is 1. The molecule has 4 amide bonds. The normalized spacial score (nSPS) is 17.8. The highest BCUT2D eigenvalue weighted by Gasteiger charge is 2.51. The third-order valence-electron chi connectivity index (χ3n) is 12.3. The van der Waals surface area contributed by atoms with Gasteiger partial charge in [0.25, 0.3) is 5.91 Å². The maximum atomic E-state index is 14.0. The van der Waals surface area contributed by atoms with Gasteiger partial charge in [-0.05, 0) is 118 Å².